The first-order valence-electron chi connectivity index (χ1n) is 9.02. The van der Waals surface area contributed by atoms with Gasteiger partial charge in [0.25, 0.3) is 5.91 Å². The molecule has 2 heterocycles. The van der Waals surface area contributed by atoms with Crippen LogP contribution in [0.1, 0.15) is 43.5 Å². The van der Waals surface area contributed by atoms with Crippen LogP contribution in [0.15, 0.2) is 24.3 Å². The summed E-state index contributed by atoms with van der Waals surface area (Å²) in [6.45, 7) is 4.59. The van der Waals surface area contributed by atoms with E-state index in [-0.39, 0.29) is 36.7 Å². The molecular weight excluding hydrogens is 334 g/mol. The van der Waals surface area contributed by atoms with Gasteiger partial charge < -0.3 is 20.3 Å². The van der Waals surface area contributed by atoms with Gasteiger partial charge in [0.05, 0.1) is 18.7 Å². The van der Waals surface area contributed by atoms with Gasteiger partial charge >= 0.3 is 0 Å². The largest absolute Gasteiger partial charge is 0.485 e. The van der Waals surface area contributed by atoms with Crippen molar-refractivity contribution in [2.24, 2.45) is 0 Å². The number of nitrogens with zero attached hydrogens (tertiary/aromatic N) is 1. The van der Waals surface area contributed by atoms with Crippen molar-refractivity contribution >= 4 is 17.7 Å². The maximum atomic E-state index is 12.5. The Balaban J connectivity index is 1.74. The molecule has 1 aromatic carbocycles. The van der Waals surface area contributed by atoms with Gasteiger partial charge in [-0.05, 0) is 32.4 Å². The molecule has 1 aromatic rings. The van der Waals surface area contributed by atoms with E-state index in [1.807, 2.05) is 19.9 Å². The molecule has 3 amide bonds. The number of carbonyl (C=O) groups is 3. The molecule has 0 radical (unpaired) electrons. The Morgan fingerprint density at radius 2 is 2.08 bits per heavy atom. The number of hydrogen-bond donors (Lipinski definition) is 2. The number of rotatable bonds is 3. The zero-order valence-corrected chi connectivity index (χ0v) is 15.2. The second-order valence-corrected chi connectivity index (χ2v) is 7.25. The van der Waals surface area contributed by atoms with Crippen LogP contribution in [0.5, 0.6) is 5.75 Å². The molecule has 7 nitrogen and oxygen atoms in total. The Labute approximate surface area is 153 Å². The Hall–Kier alpha value is -2.57. The van der Waals surface area contributed by atoms with Gasteiger partial charge in [-0.25, -0.2) is 0 Å². The van der Waals surface area contributed by atoms with Crippen LogP contribution in [0.3, 0.4) is 0 Å². The van der Waals surface area contributed by atoms with E-state index in [2.05, 4.69) is 10.6 Å². The van der Waals surface area contributed by atoms with Gasteiger partial charge in [-0.1, -0.05) is 12.1 Å². The fraction of sp³-hybridized carbons (Fsp3) is 0.526. The second-order valence-electron chi connectivity index (χ2n) is 7.25. The molecule has 2 N–H and O–H groups in total. The summed E-state index contributed by atoms with van der Waals surface area (Å²) in [6.07, 6.45) is 1.35. The van der Waals surface area contributed by atoms with Gasteiger partial charge in [-0.2, -0.15) is 0 Å². The molecule has 2 aliphatic rings. The lowest BCUT2D eigenvalue weighted by Crippen LogP contribution is -2.46. The predicted octanol–water partition coefficient (Wildman–Crippen LogP) is 1.08. The summed E-state index contributed by atoms with van der Waals surface area (Å²) in [7, 11) is 0. The minimum Gasteiger partial charge on any atom is -0.485 e. The summed E-state index contributed by atoms with van der Waals surface area (Å²) in [5, 5.41) is 5.72. The summed E-state index contributed by atoms with van der Waals surface area (Å²) in [4.78, 5) is 38.3. The van der Waals surface area contributed by atoms with Gasteiger partial charge in [-0.3, -0.25) is 14.4 Å². The second kappa shape index (κ2) is 7.35. The first-order chi connectivity index (χ1) is 12.4. The molecule has 140 valence electrons. The first-order valence-corrected chi connectivity index (χ1v) is 9.02. The number of nitrogens with one attached hydrogen (secondary N) is 2. The molecule has 1 fully saturated rings. The maximum Gasteiger partial charge on any atom is 0.255 e. The topological polar surface area (TPSA) is 87.7 Å². The average Bonchev–Trinajstić information content (AvgIpc) is 2.83. The highest BCUT2D eigenvalue weighted by Gasteiger charge is 2.40. The van der Waals surface area contributed by atoms with Crippen LogP contribution < -0.4 is 15.4 Å². The summed E-state index contributed by atoms with van der Waals surface area (Å²) >= 11 is 0. The van der Waals surface area contributed by atoms with E-state index >= 15 is 0 Å². The molecule has 0 aliphatic carbocycles. The number of carbonyl (C=O) groups excluding carboxylic acids is 3. The van der Waals surface area contributed by atoms with Crippen LogP contribution >= 0.6 is 0 Å². The molecule has 3 rings (SSSR count). The quantitative estimate of drug-likeness (QED) is 0.846. The molecule has 26 heavy (non-hydrogen) atoms. The number of ether oxygens (including phenoxy) is 1. The average molecular weight is 359 g/mol. The lowest BCUT2D eigenvalue weighted by Gasteiger charge is -2.32. The predicted molar refractivity (Wildman–Crippen MR) is 95.8 cm³/mol. The molecule has 7 heteroatoms. The molecule has 2 aliphatic heterocycles. The van der Waals surface area contributed by atoms with Crippen LogP contribution in [-0.2, 0) is 9.59 Å². The van der Waals surface area contributed by atoms with E-state index in [1.165, 1.54) is 0 Å². The molecule has 0 bridgehead atoms. The van der Waals surface area contributed by atoms with Crippen LogP contribution in [0.25, 0.3) is 0 Å². The minimum absolute atomic E-state index is 0.0350. The highest BCUT2D eigenvalue weighted by Crippen LogP contribution is 2.33. The van der Waals surface area contributed by atoms with Crippen molar-refractivity contribution < 1.29 is 19.1 Å². The van der Waals surface area contributed by atoms with Crippen molar-refractivity contribution in [2.45, 2.75) is 44.8 Å². The van der Waals surface area contributed by atoms with Crippen molar-refractivity contribution in [3.63, 3.8) is 0 Å². The maximum absolute atomic E-state index is 12.5. The SMILES string of the molecule is CC(C)NC(=O)CN1CC[C@@]2(CCC1=O)CNC(=O)c1ccccc1O2. The van der Waals surface area contributed by atoms with Gasteiger partial charge in [0.2, 0.25) is 11.8 Å². The van der Waals surface area contributed by atoms with E-state index in [9.17, 15) is 14.4 Å². The Morgan fingerprint density at radius 3 is 2.85 bits per heavy atom. The molecular formula is C19H25N3O4. The van der Waals surface area contributed by atoms with E-state index in [0.29, 0.717) is 37.2 Å². The zero-order valence-electron chi connectivity index (χ0n) is 15.2. The molecule has 0 aromatic heterocycles. The van der Waals surface area contributed by atoms with Crippen molar-refractivity contribution in [1.29, 1.82) is 0 Å². The summed E-state index contributed by atoms with van der Waals surface area (Å²) in [6, 6.07) is 7.17. The van der Waals surface area contributed by atoms with Crippen LogP contribution in [-0.4, -0.2) is 53.9 Å². The smallest absolute Gasteiger partial charge is 0.255 e. The molecule has 0 unspecified atom stereocenters. The highest BCUT2D eigenvalue weighted by atomic mass is 16.5. The third-order valence-electron chi connectivity index (χ3n) is 4.80. The fourth-order valence-corrected chi connectivity index (χ4v) is 3.42. The summed E-state index contributed by atoms with van der Waals surface area (Å²) < 4.78 is 6.24. The summed E-state index contributed by atoms with van der Waals surface area (Å²) in [5.41, 5.74) is -0.130. The standard InChI is InChI=1S/C19H25N3O4/c1-13(2)21-16(23)11-22-10-9-19(8-7-17(22)24)12-20-18(25)14-5-3-4-6-15(14)26-19/h3-6,13H,7-12H2,1-2H3,(H,20,25)(H,21,23)/t19-/m0/s1. The van der Waals surface area contributed by atoms with Crippen LogP contribution in [0, 0.1) is 0 Å². The lowest BCUT2D eigenvalue weighted by atomic mass is 9.94. The van der Waals surface area contributed by atoms with Crippen molar-refractivity contribution in [3.05, 3.63) is 29.8 Å². The lowest BCUT2D eigenvalue weighted by molar-refractivity contribution is -0.135. The van der Waals surface area contributed by atoms with E-state index in [0.717, 1.165) is 0 Å². The Morgan fingerprint density at radius 1 is 1.31 bits per heavy atom. The van der Waals surface area contributed by atoms with Gasteiger partial charge in [-0.15, -0.1) is 0 Å². The first kappa shape index (κ1) is 18.2. The molecule has 1 atom stereocenters. The number of likely N-dealkylation sites (tertiary alicyclic amines) is 1. The molecule has 0 saturated carbocycles. The van der Waals surface area contributed by atoms with Crippen LogP contribution in [0.4, 0.5) is 0 Å². The molecule has 1 saturated heterocycles. The van der Waals surface area contributed by atoms with E-state index < -0.39 is 5.60 Å². The number of hydrogen-bond acceptors (Lipinski definition) is 4. The zero-order chi connectivity index (χ0) is 18.7. The fourth-order valence-electron chi connectivity index (χ4n) is 3.42. The van der Waals surface area contributed by atoms with Gasteiger partial charge in [0.15, 0.2) is 0 Å². The van der Waals surface area contributed by atoms with Gasteiger partial charge in [0, 0.05) is 25.4 Å². The normalized spacial score (nSPS) is 23.0. The number of amides is 3. The van der Waals surface area contributed by atoms with Crippen LogP contribution in [0.2, 0.25) is 0 Å². The number of para-hydroxylation sites is 1. The van der Waals surface area contributed by atoms with Crippen molar-refractivity contribution in [1.82, 2.24) is 15.5 Å². The monoisotopic (exact) mass is 359 g/mol. The third kappa shape index (κ3) is 3.98. The third-order valence-corrected chi connectivity index (χ3v) is 4.80. The molecule has 1 spiro atoms. The number of benzene rings is 1. The minimum atomic E-state index is -0.638. The Bertz CT molecular complexity index is 718. The summed E-state index contributed by atoms with van der Waals surface area (Å²) in [5.74, 6) is 0.153. The highest BCUT2D eigenvalue weighted by molar-refractivity contribution is 5.97. The Kier molecular flexibility index (Phi) is 5.15. The van der Waals surface area contributed by atoms with Gasteiger partial charge in [0.1, 0.15) is 11.4 Å². The van der Waals surface area contributed by atoms with E-state index in [1.54, 1.807) is 23.1 Å². The van der Waals surface area contributed by atoms with Crippen molar-refractivity contribution in [2.75, 3.05) is 19.6 Å². The number of fused-ring (bicyclic) bond motifs is 1. The van der Waals surface area contributed by atoms with Crippen molar-refractivity contribution in [3.8, 4) is 5.75 Å². The van der Waals surface area contributed by atoms with E-state index in [4.69, 9.17) is 4.74 Å².